The van der Waals surface area contributed by atoms with Gasteiger partial charge < -0.3 is 9.87 Å². The first-order valence-electron chi connectivity index (χ1n) is 8.82. The molecule has 1 aliphatic heterocycles. The number of allylic oxidation sites excluding steroid dienone is 1. The van der Waals surface area contributed by atoms with Gasteiger partial charge in [-0.3, -0.25) is 4.90 Å². The van der Waals surface area contributed by atoms with Gasteiger partial charge in [-0.25, -0.2) is 9.64 Å². The minimum atomic E-state index is -4.59. The van der Waals surface area contributed by atoms with Gasteiger partial charge in [0.2, 0.25) is 5.70 Å². The third kappa shape index (κ3) is 4.22. The fourth-order valence-corrected chi connectivity index (χ4v) is 4.14. The first-order valence-corrected chi connectivity index (χ1v) is 10.4. The highest BCUT2D eigenvalue weighted by Gasteiger charge is 2.37. The fourth-order valence-electron chi connectivity index (χ4n) is 3.33. The number of alkyl halides is 3. The van der Waals surface area contributed by atoms with Crippen LogP contribution in [0.25, 0.3) is 4.85 Å². The van der Waals surface area contributed by atoms with Crippen LogP contribution >= 0.6 is 0 Å². The van der Waals surface area contributed by atoms with Crippen molar-refractivity contribution < 1.29 is 22.5 Å². The summed E-state index contributed by atoms with van der Waals surface area (Å²) < 4.78 is 51.5. The average molecular weight is 444 g/mol. The van der Waals surface area contributed by atoms with Gasteiger partial charge in [0.15, 0.2) is 4.90 Å². The van der Waals surface area contributed by atoms with Gasteiger partial charge in [-0.2, -0.15) is 18.4 Å². The lowest BCUT2D eigenvalue weighted by Gasteiger charge is -2.34. The number of carbonyl (C=O) groups is 1. The molecule has 31 heavy (non-hydrogen) atoms. The minimum absolute atomic E-state index is 0.0384. The first-order chi connectivity index (χ1) is 14.6. The Labute approximate surface area is 179 Å². The van der Waals surface area contributed by atoms with Gasteiger partial charge in [-0.15, -0.1) is 0 Å². The molecule has 2 atom stereocenters. The monoisotopic (exact) mass is 444 g/mol. The maximum atomic E-state index is 13.1. The lowest BCUT2D eigenvalue weighted by molar-refractivity contribution is -0.137. The van der Waals surface area contributed by atoms with Crippen LogP contribution in [0.1, 0.15) is 29.7 Å². The van der Waals surface area contributed by atoms with Crippen molar-refractivity contribution in [2.45, 2.75) is 24.0 Å². The molecular formula is C21H15F3N4O2S. The molecule has 0 bridgehead atoms. The van der Waals surface area contributed by atoms with Crippen LogP contribution in [-0.4, -0.2) is 16.8 Å². The third-order valence-electron chi connectivity index (χ3n) is 4.77. The highest BCUT2D eigenvalue weighted by atomic mass is 32.2. The van der Waals surface area contributed by atoms with Crippen molar-refractivity contribution in [3.05, 3.63) is 82.0 Å². The molecule has 0 saturated heterocycles. The standard InChI is InChI=1S/C21H15F3N4O2S/c1-12-18(26-2)19(16-8-7-13(11-25)9-17(16)31(3)30)27-20(29)28(12)15-6-4-5-14(10-15)21(22,23)24/h4-10,19H,1,3H3,(H,27,29)/t19-,31?/m1/s1. The van der Waals surface area contributed by atoms with Gasteiger partial charge in [0.1, 0.15) is 6.26 Å². The van der Waals surface area contributed by atoms with Crippen molar-refractivity contribution in [2.24, 2.45) is 0 Å². The third-order valence-corrected chi connectivity index (χ3v) is 5.74. The Hall–Kier alpha value is -3.47. The summed E-state index contributed by atoms with van der Waals surface area (Å²) in [5.41, 5.74) is -0.0981. The lowest BCUT2D eigenvalue weighted by atomic mass is 9.99. The summed E-state index contributed by atoms with van der Waals surface area (Å²) in [7, 11) is 0. The zero-order valence-electron chi connectivity index (χ0n) is 16.3. The molecule has 6 nitrogen and oxygen atoms in total. The Morgan fingerprint density at radius 3 is 2.58 bits per heavy atom. The predicted molar refractivity (Wildman–Crippen MR) is 108 cm³/mol. The number of nitrogens with one attached hydrogen (secondary N) is 1. The summed E-state index contributed by atoms with van der Waals surface area (Å²) >= 11 is -1.52. The number of urea groups is 1. The molecule has 2 aromatic carbocycles. The van der Waals surface area contributed by atoms with E-state index in [2.05, 4.69) is 10.2 Å². The number of nitrogens with zero attached hydrogens (tertiary/aromatic N) is 3. The molecular weight excluding hydrogens is 429 g/mol. The van der Waals surface area contributed by atoms with E-state index in [1.165, 1.54) is 43.5 Å². The number of halogens is 3. The molecule has 2 amide bonds. The van der Waals surface area contributed by atoms with E-state index in [-0.39, 0.29) is 27.5 Å². The van der Waals surface area contributed by atoms with Gasteiger partial charge in [0, 0.05) is 23.0 Å². The minimum Gasteiger partial charge on any atom is -0.612 e. The number of hydrogen-bond donors (Lipinski definition) is 1. The topological polar surface area (TPSA) is 83.5 Å². The Morgan fingerprint density at radius 2 is 2.00 bits per heavy atom. The van der Waals surface area contributed by atoms with Crippen LogP contribution in [0.4, 0.5) is 23.7 Å². The average Bonchev–Trinajstić information content (AvgIpc) is 2.72. The second-order valence-corrected chi connectivity index (χ2v) is 8.02. The van der Waals surface area contributed by atoms with Crippen molar-refractivity contribution in [3.8, 4) is 6.07 Å². The van der Waals surface area contributed by atoms with E-state index in [1.807, 2.05) is 6.07 Å². The number of nitriles is 1. The fraction of sp³-hybridized carbons (Fsp3) is 0.190. The number of rotatable bonds is 3. The van der Waals surface area contributed by atoms with E-state index in [9.17, 15) is 22.5 Å². The molecule has 10 heteroatoms. The van der Waals surface area contributed by atoms with Gasteiger partial charge in [0.05, 0.1) is 29.8 Å². The van der Waals surface area contributed by atoms with Crippen molar-refractivity contribution in [1.29, 1.82) is 5.26 Å². The van der Waals surface area contributed by atoms with Crippen LogP contribution in [0.5, 0.6) is 0 Å². The molecule has 158 valence electrons. The van der Waals surface area contributed by atoms with Crippen LogP contribution in [0.3, 0.4) is 0 Å². The van der Waals surface area contributed by atoms with Crippen LogP contribution in [-0.2, 0) is 17.4 Å². The predicted octanol–water partition coefficient (Wildman–Crippen LogP) is 4.74. The molecule has 0 aromatic heterocycles. The molecule has 1 unspecified atom stereocenters. The Bertz CT molecular complexity index is 1160. The number of amides is 2. The Morgan fingerprint density at radius 1 is 1.29 bits per heavy atom. The molecule has 1 N–H and O–H groups in total. The number of carbonyl (C=O) groups excluding carboxylic acids is 1. The molecule has 0 radical (unpaired) electrons. The molecule has 0 saturated carbocycles. The van der Waals surface area contributed by atoms with Crippen molar-refractivity contribution in [3.63, 3.8) is 0 Å². The van der Waals surface area contributed by atoms with Crippen LogP contribution < -0.4 is 10.2 Å². The summed E-state index contributed by atoms with van der Waals surface area (Å²) in [6.45, 7) is 9.07. The second kappa shape index (κ2) is 8.34. The van der Waals surface area contributed by atoms with E-state index in [4.69, 9.17) is 11.8 Å². The molecule has 2 aromatic rings. The molecule has 0 spiro atoms. The molecule has 0 fully saturated rings. The molecule has 1 heterocycles. The summed E-state index contributed by atoms with van der Waals surface area (Å²) in [5.74, 6) is 0. The zero-order valence-corrected chi connectivity index (χ0v) is 17.1. The van der Waals surface area contributed by atoms with Crippen LogP contribution in [0.2, 0.25) is 0 Å². The maximum Gasteiger partial charge on any atom is 0.416 e. The molecule has 3 rings (SSSR count). The van der Waals surface area contributed by atoms with E-state index in [0.29, 0.717) is 5.56 Å². The second-order valence-electron chi connectivity index (χ2n) is 6.67. The van der Waals surface area contributed by atoms with E-state index in [1.54, 1.807) is 0 Å². The Kier molecular flexibility index (Phi) is 5.98. The highest BCUT2D eigenvalue weighted by molar-refractivity contribution is 7.90. The first kappa shape index (κ1) is 22.2. The quantitative estimate of drug-likeness (QED) is 0.549. The van der Waals surface area contributed by atoms with Gasteiger partial charge in [-0.05, 0) is 42.4 Å². The smallest absolute Gasteiger partial charge is 0.416 e. The van der Waals surface area contributed by atoms with Gasteiger partial charge in [-0.1, -0.05) is 12.1 Å². The zero-order chi connectivity index (χ0) is 22.9. The van der Waals surface area contributed by atoms with E-state index < -0.39 is 35.0 Å². The summed E-state index contributed by atoms with van der Waals surface area (Å²) in [4.78, 5) is 17.7. The van der Waals surface area contributed by atoms with Gasteiger partial charge in [0.25, 0.3) is 0 Å². The van der Waals surface area contributed by atoms with Crippen molar-refractivity contribution in [2.75, 3.05) is 11.2 Å². The summed E-state index contributed by atoms with van der Waals surface area (Å²) in [5, 5.41) is 11.7. The SMILES string of the molecule is [C-]#[N+]C1=C(C)N(c2cccc(C(F)(F)F)c2)C(=O)N[C@@H]1c1ccc(C#N)cc1[S+](C)[O-]. The molecule has 0 aliphatic carbocycles. The Balaban J connectivity index is 2.14. The number of anilines is 1. The van der Waals surface area contributed by atoms with E-state index >= 15 is 0 Å². The van der Waals surface area contributed by atoms with Crippen molar-refractivity contribution >= 4 is 22.9 Å². The van der Waals surface area contributed by atoms with Crippen molar-refractivity contribution in [1.82, 2.24) is 5.32 Å². The summed E-state index contributed by atoms with van der Waals surface area (Å²) in [6, 6.07) is 8.92. The maximum absolute atomic E-state index is 13.1. The number of benzene rings is 2. The van der Waals surface area contributed by atoms with E-state index in [0.717, 1.165) is 17.0 Å². The van der Waals surface area contributed by atoms with Crippen LogP contribution in [0, 0.1) is 17.9 Å². The highest BCUT2D eigenvalue weighted by Crippen LogP contribution is 2.38. The summed E-state index contributed by atoms with van der Waals surface area (Å²) in [6.07, 6.45) is -3.18. The largest absolute Gasteiger partial charge is 0.612 e. The number of hydrogen-bond acceptors (Lipinski definition) is 3. The van der Waals surface area contributed by atoms with Crippen LogP contribution in [0.15, 0.2) is 58.8 Å². The van der Waals surface area contributed by atoms with Gasteiger partial charge >= 0.3 is 12.2 Å². The molecule has 1 aliphatic rings. The lowest BCUT2D eigenvalue weighted by Crippen LogP contribution is -2.46. The normalized spacial score (nSPS) is 17.6.